The normalized spacial score (nSPS) is 11.8. The molecule has 8 nitrogen and oxygen atoms in total. The van der Waals surface area contributed by atoms with Gasteiger partial charge in [0.1, 0.15) is 19.0 Å². The second-order valence-corrected chi connectivity index (χ2v) is 9.87. The van der Waals surface area contributed by atoms with Gasteiger partial charge in [0.05, 0.1) is 12.7 Å². The van der Waals surface area contributed by atoms with E-state index in [0.29, 0.717) is 6.42 Å². The van der Waals surface area contributed by atoms with Gasteiger partial charge >= 0.3 is 22.2 Å². The van der Waals surface area contributed by atoms with Crippen molar-refractivity contribution in [2.45, 2.75) is 26.1 Å². The molecule has 0 saturated carbocycles. The van der Waals surface area contributed by atoms with E-state index in [1.807, 2.05) is 60.7 Å². The summed E-state index contributed by atoms with van der Waals surface area (Å²) in [6.45, 7) is 0.490. The molecule has 0 aliphatic heterocycles. The lowest BCUT2D eigenvalue weighted by Gasteiger charge is -2.18. The third-order valence-corrected chi connectivity index (χ3v) is 5.64. The van der Waals surface area contributed by atoms with Crippen LogP contribution in [0.3, 0.4) is 0 Å². The van der Waals surface area contributed by atoms with Gasteiger partial charge in [-0.15, -0.1) is 0 Å². The molecular formula is C27H29NO7S. The van der Waals surface area contributed by atoms with Crippen molar-refractivity contribution in [3.8, 4) is 5.75 Å². The Labute approximate surface area is 211 Å². The molecule has 3 rings (SSSR count). The largest absolute Gasteiger partial charge is 0.461 e. The summed E-state index contributed by atoms with van der Waals surface area (Å²) in [4.78, 5) is 24.8. The highest BCUT2D eigenvalue weighted by molar-refractivity contribution is 7.86. The van der Waals surface area contributed by atoms with Crippen LogP contribution in [0.2, 0.25) is 0 Å². The molecule has 0 bridgehead atoms. The Hall–Kier alpha value is -3.85. The number of esters is 1. The van der Waals surface area contributed by atoms with Crippen LogP contribution in [0.5, 0.6) is 5.75 Å². The third-order valence-electron chi connectivity index (χ3n) is 5.14. The zero-order chi connectivity index (χ0) is 25.8. The lowest BCUT2D eigenvalue weighted by Crippen LogP contribution is -2.32. The van der Waals surface area contributed by atoms with Crippen molar-refractivity contribution in [1.29, 1.82) is 0 Å². The van der Waals surface area contributed by atoms with E-state index in [9.17, 15) is 18.0 Å². The van der Waals surface area contributed by atoms with E-state index in [0.717, 1.165) is 22.9 Å². The number of amides is 1. The van der Waals surface area contributed by atoms with Gasteiger partial charge in [0.15, 0.2) is 0 Å². The summed E-state index contributed by atoms with van der Waals surface area (Å²) in [6, 6.07) is 25.2. The average Bonchev–Trinajstić information content (AvgIpc) is 2.86. The predicted octanol–water partition coefficient (Wildman–Crippen LogP) is 4.24. The van der Waals surface area contributed by atoms with E-state index < -0.39 is 16.2 Å². The van der Waals surface area contributed by atoms with Crippen LogP contribution in [-0.4, -0.2) is 33.3 Å². The first-order valence-electron chi connectivity index (χ1n) is 11.4. The summed E-state index contributed by atoms with van der Waals surface area (Å²) in [5, 5.41) is 2.72. The minimum absolute atomic E-state index is 0.0768. The van der Waals surface area contributed by atoms with Gasteiger partial charge in [-0.1, -0.05) is 72.8 Å². The van der Waals surface area contributed by atoms with Crippen LogP contribution >= 0.6 is 0 Å². The number of carbonyl (C=O) groups excluding carboxylic acids is 2. The number of benzene rings is 3. The molecule has 1 unspecified atom stereocenters. The standard InChI is InChI=1S/C27H29NO7S/c1-36(31,32)35-25-14-12-21(13-15-25)16-24(17-26(29)33-19-22-8-4-2-5-9-22)18-28-27(30)34-20-23-10-6-3-7-11-23/h2-15,24H,16-20H2,1H3,(H,28,30). The number of ether oxygens (including phenoxy) is 2. The van der Waals surface area contributed by atoms with Crippen molar-refractivity contribution in [2.75, 3.05) is 12.8 Å². The molecule has 0 aliphatic carbocycles. The molecule has 0 saturated heterocycles. The summed E-state index contributed by atoms with van der Waals surface area (Å²) in [5.74, 6) is -0.470. The Morgan fingerprint density at radius 2 is 1.33 bits per heavy atom. The van der Waals surface area contributed by atoms with Crippen LogP contribution < -0.4 is 9.50 Å². The number of rotatable bonds is 12. The van der Waals surface area contributed by atoms with Crippen LogP contribution in [0, 0.1) is 5.92 Å². The van der Waals surface area contributed by atoms with Gasteiger partial charge in [0.2, 0.25) is 0 Å². The van der Waals surface area contributed by atoms with Crippen molar-refractivity contribution in [1.82, 2.24) is 5.32 Å². The number of alkyl carbamates (subject to hydrolysis) is 1. The van der Waals surface area contributed by atoms with Gasteiger partial charge in [0.25, 0.3) is 0 Å². The van der Waals surface area contributed by atoms with E-state index in [4.69, 9.17) is 13.7 Å². The predicted molar refractivity (Wildman–Crippen MR) is 135 cm³/mol. The molecule has 0 fully saturated rings. The van der Waals surface area contributed by atoms with Crippen LogP contribution in [-0.2, 0) is 44.0 Å². The minimum atomic E-state index is -3.62. The summed E-state index contributed by atoms with van der Waals surface area (Å²) < 4.78 is 38.2. The van der Waals surface area contributed by atoms with Crippen molar-refractivity contribution in [3.63, 3.8) is 0 Å². The number of carbonyl (C=O) groups is 2. The molecule has 190 valence electrons. The second kappa shape index (κ2) is 13.3. The Balaban J connectivity index is 1.57. The van der Waals surface area contributed by atoms with Gasteiger partial charge in [-0.3, -0.25) is 4.79 Å². The van der Waals surface area contributed by atoms with Crippen molar-refractivity contribution >= 4 is 22.2 Å². The zero-order valence-corrected chi connectivity index (χ0v) is 20.8. The smallest absolute Gasteiger partial charge is 0.407 e. The topological polar surface area (TPSA) is 108 Å². The molecule has 1 amide bonds. The fourth-order valence-corrected chi connectivity index (χ4v) is 3.90. The van der Waals surface area contributed by atoms with Crippen molar-refractivity contribution in [2.24, 2.45) is 5.92 Å². The number of hydrogen-bond acceptors (Lipinski definition) is 7. The molecule has 36 heavy (non-hydrogen) atoms. The summed E-state index contributed by atoms with van der Waals surface area (Å²) in [7, 11) is -3.62. The number of hydrogen-bond donors (Lipinski definition) is 1. The van der Waals surface area contributed by atoms with Gasteiger partial charge in [-0.05, 0) is 41.2 Å². The highest BCUT2D eigenvalue weighted by Gasteiger charge is 2.18. The van der Waals surface area contributed by atoms with Gasteiger partial charge in [-0.2, -0.15) is 8.42 Å². The molecule has 0 heterocycles. The zero-order valence-electron chi connectivity index (χ0n) is 20.0. The average molecular weight is 512 g/mol. The number of nitrogens with one attached hydrogen (secondary N) is 1. The lowest BCUT2D eigenvalue weighted by molar-refractivity contribution is -0.146. The van der Waals surface area contributed by atoms with E-state index >= 15 is 0 Å². The van der Waals surface area contributed by atoms with E-state index in [-0.39, 0.29) is 43.8 Å². The summed E-state index contributed by atoms with van der Waals surface area (Å²) in [5.41, 5.74) is 2.59. The molecule has 9 heteroatoms. The lowest BCUT2D eigenvalue weighted by atomic mass is 9.96. The molecule has 0 aliphatic rings. The Bertz CT molecular complexity index is 1210. The van der Waals surface area contributed by atoms with E-state index in [2.05, 4.69) is 5.32 Å². The molecule has 1 N–H and O–H groups in total. The molecule has 3 aromatic rings. The van der Waals surface area contributed by atoms with Crippen LogP contribution in [0.4, 0.5) is 4.79 Å². The summed E-state index contributed by atoms with van der Waals surface area (Å²) in [6.07, 6.45) is 0.908. The maximum Gasteiger partial charge on any atom is 0.407 e. The molecule has 0 spiro atoms. The Morgan fingerprint density at radius 3 is 1.89 bits per heavy atom. The van der Waals surface area contributed by atoms with Crippen LogP contribution in [0.1, 0.15) is 23.1 Å². The van der Waals surface area contributed by atoms with Gasteiger partial charge in [-0.25, -0.2) is 4.79 Å². The maximum absolute atomic E-state index is 12.5. The summed E-state index contributed by atoms with van der Waals surface area (Å²) >= 11 is 0. The molecule has 0 aromatic heterocycles. The highest BCUT2D eigenvalue weighted by Crippen LogP contribution is 2.18. The van der Waals surface area contributed by atoms with Crippen molar-refractivity contribution < 1.29 is 31.7 Å². The van der Waals surface area contributed by atoms with Crippen molar-refractivity contribution in [3.05, 3.63) is 102 Å². The maximum atomic E-state index is 12.5. The SMILES string of the molecule is CS(=O)(=O)Oc1ccc(CC(CNC(=O)OCc2ccccc2)CC(=O)OCc2ccccc2)cc1. The third kappa shape index (κ3) is 10.2. The quantitative estimate of drug-likeness (QED) is 0.286. The van der Waals surface area contributed by atoms with Gasteiger partial charge in [0, 0.05) is 6.54 Å². The highest BCUT2D eigenvalue weighted by atomic mass is 32.2. The molecule has 1 atom stereocenters. The first kappa shape index (κ1) is 26.7. The van der Waals surface area contributed by atoms with Crippen LogP contribution in [0.25, 0.3) is 0 Å². The Morgan fingerprint density at radius 1 is 0.778 bits per heavy atom. The first-order chi connectivity index (χ1) is 17.3. The molecule has 0 radical (unpaired) electrons. The van der Waals surface area contributed by atoms with Crippen LogP contribution in [0.15, 0.2) is 84.9 Å². The fraction of sp³-hybridized carbons (Fsp3) is 0.259. The molecule has 3 aromatic carbocycles. The second-order valence-electron chi connectivity index (χ2n) is 8.29. The first-order valence-corrected chi connectivity index (χ1v) is 13.2. The Kier molecular flexibility index (Phi) is 9.88. The fourth-order valence-electron chi connectivity index (χ4n) is 3.44. The van der Waals surface area contributed by atoms with E-state index in [1.165, 1.54) is 0 Å². The van der Waals surface area contributed by atoms with E-state index in [1.54, 1.807) is 24.3 Å². The monoisotopic (exact) mass is 511 g/mol. The molecular weight excluding hydrogens is 482 g/mol. The van der Waals surface area contributed by atoms with Gasteiger partial charge < -0.3 is 19.0 Å². The minimum Gasteiger partial charge on any atom is -0.461 e.